The number of phenolic OH excluding ortho intramolecular Hbond substituents is 1. The molecule has 0 bridgehead atoms. The van der Waals surface area contributed by atoms with Gasteiger partial charge in [0.15, 0.2) is 11.5 Å². The van der Waals surface area contributed by atoms with Crippen LogP contribution in [-0.2, 0) is 4.79 Å². The molecule has 1 aliphatic heterocycles. The van der Waals surface area contributed by atoms with Crippen LogP contribution in [0.3, 0.4) is 0 Å². The Morgan fingerprint density at radius 3 is 2.82 bits per heavy atom. The molecule has 1 heterocycles. The number of carbonyl (C=O) groups is 1. The second-order valence-corrected chi connectivity index (χ2v) is 4.73. The van der Waals surface area contributed by atoms with E-state index in [1.807, 2.05) is 0 Å². The average molecular weight is 300 g/mol. The maximum Gasteiger partial charge on any atom is 0.257 e. The van der Waals surface area contributed by atoms with Crippen LogP contribution in [0.25, 0.3) is 5.57 Å². The maximum absolute atomic E-state index is 13.3. The molecule has 0 atom stereocenters. The molecule has 0 aromatic heterocycles. The SMILES string of the molecule is COc1ccc(NC=C2C(=O)Nc3ccc(F)cc32)cc1O. The van der Waals surface area contributed by atoms with Crippen molar-refractivity contribution >= 4 is 22.9 Å². The highest BCUT2D eigenvalue weighted by Crippen LogP contribution is 2.33. The van der Waals surface area contributed by atoms with Crippen molar-refractivity contribution < 1.29 is 19.0 Å². The minimum atomic E-state index is -0.414. The summed E-state index contributed by atoms with van der Waals surface area (Å²) in [5.41, 5.74) is 1.96. The van der Waals surface area contributed by atoms with Gasteiger partial charge in [0.2, 0.25) is 0 Å². The summed E-state index contributed by atoms with van der Waals surface area (Å²) in [6, 6.07) is 8.86. The number of methoxy groups -OCH3 is 1. The first-order chi connectivity index (χ1) is 10.6. The molecule has 22 heavy (non-hydrogen) atoms. The van der Waals surface area contributed by atoms with E-state index >= 15 is 0 Å². The van der Waals surface area contributed by atoms with Crippen molar-refractivity contribution in [3.8, 4) is 11.5 Å². The zero-order chi connectivity index (χ0) is 15.7. The molecule has 0 unspecified atom stereocenters. The zero-order valence-electron chi connectivity index (χ0n) is 11.7. The lowest BCUT2D eigenvalue weighted by atomic mass is 10.1. The second-order valence-electron chi connectivity index (χ2n) is 4.73. The molecule has 2 aromatic rings. The fourth-order valence-corrected chi connectivity index (χ4v) is 2.24. The van der Waals surface area contributed by atoms with Crippen molar-refractivity contribution in [1.29, 1.82) is 0 Å². The van der Waals surface area contributed by atoms with Gasteiger partial charge in [-0.05, 0) is 30.3 Å². The second kappa shape index (κ2) is 5.40. The molecule has 3 rings (SSSR count). The predicted octanol–water partition coefficient (Wildman–Crippen LogP) is 2.95. The highest BCUT2D eigenvalue weighted by molar-refractivity contribution is 6.31. The Hall–Kier alpha value is -3.02. The molecule has 0 aliphatic carbocycles. The summed E-state index contributed by atoms with van der Waals surface area (Å²) >= 11 is 0. The van der Waals surface area contributed by atoms with Crippen LogP contribution in [0, 0.1) is 5.82 Å². The number of carbonyl (C=O) groups excluding carboxylic acids is 1. The van der Waals surface area contributed by atoms with Gasteiger partial charge < -0.3 is 20.5 Å². The molecule has 0 radical (unpaired) electrons. The Morgan fingerprint density at radius 2 is 2.09 bits per heavy atom. The molecule has 0 fully saturated rings. The van der Waals surface area contributed by atoms with Gasteiger partial charge in [0, 0.05) is 29.2 Å². The van der Waals surface area contributed by atoms with Crippen LogP contribution in [0.1, 0.15) is 5.56 Å². The number of amides is 1. The molecular weight excluding hydrogens is 287 g/mol. The quantitative estimate of drug-likeness (QED) is 0.762. The standard InChI is InChI=1S/C16H13FN2O3/c1-22-15-5-3-10(7-14(15)20)18-8-12-11-6-9(17)2-4-13(11)19-16(12)21/h2-8,18,20H,1H3,(H,19,21). The number of phenols is 1. The Morgan fingerprint density at radius 1 is 1.27 bits per heavy atom. The Balaban J connectivity index is 1.89. The van der Waals surface area contributed by atoms with Crippen LogP contribution < -0.4 is 15.4 Å². The molecule has 2 aromatic carbocycles. The monoisotopic (exact) mass is 300 g/mol. The van der Waals surface area contributed by atoms with Crippen molar-refractivity contribution in [2.24, 2.45) is 0 Å². The fraction of sp³-hybridized carbons (Fsp3) is 0.0625. The van der Waals surface area contributed by atoms with Gasteiger partial charge in [0.25, 0.3) is 5.91 Å². The lowest BCUT2D eigenvalue weighted by Gasteiger charge is -2.06. The van der Waals surface area contributed by atoms with Crippen molar-refractivity contribution in [2.75, 3.05) is 17.7 Å². The summed E-state index contributed by atoms with van der Waals surface area (Å²) in [6.07, 6.45) is 1.47. The third-order valence-corrected chi connectivity index (χ3v) is 3.33. The molecule has 3 N–H and O–H groups in total. The topological polar surface area (TPSA) is 70.6 Å². The summed E-state index contributed by atoms with van der Waals surface area (Å²) < 4.78 is 18.3. The van der Waals surface area contributed by atoms with Gasteiger partial charge >= 0.3 is 0 Å². The van der Waals surface area contributed by atoms with Gasteiger partial charge in [0.1, 0.15) is 5.82 Å². The first kappa shape index (κ1) is 13.9. The van der Waals surface area contributed by atoms with Crippen LogP contribution in [0.2, 0.25) is 0 Å². The van der Waals surface area contributed by atoms with Gasteiger partial charge in [-0.15, -0.1) is 0 Å². The number of hydrogen-bond donors (Lipinski definition) is 3. The minimum absolute atomic E-state index is 0.0202. The summed E-state index contributed by atoms with van der Waals surface area (Å²) in [5, 5.41) is 15.3. The van der Waals surface area contributed by atoms with Crippen LogP contribution in [0.4, 0.5) is 15.8 Å². The number of fused-ring (bicyclic) bond motifs is 1. The smallest absolute Gasteiger partial charge is 0.257 e. The van der Waals surface area contributed by atoms with E-state index in [9.17, 15) is 14.3 Å². The first-order valence-corrected chi connectivity index (χ1v) is 6.53. The molecule has 0 saturated carbocycles. The Bertz CT molecular complexity index is 787. The lowest BCUT2D eigenvalue weighted by Crippen LogP contribution is -2.05. The number of ether oxygens (including phenoxy) is 1. The molecule has 0 saturated heterocycles. The van der Waals surface area contributed by atoms with Crippen LogP contribution in [0.5, 0.6) is 11.5 Å². The normalized spacial score (nSPS) is 14.6. The number of nitrogens with one attached hydrogen (secondary N) is 2. The van der Waals surface area contributed by atoms with Gasteiger partial charge in [-0.1, -0.05) is 0 Å². The van der Waals surface area contributed by atoms with E-state index in [0.29, 0.717) is 28.3 Å². The van der Waals surface area contributed by atoms with Gasteiger partial charge in [-0.25, -0.2) is 4.39 Å². The molecule has 5 nitrogen and oxygen atoms in total. The van der Waals surface area contributed by atoms with Gasteiger partial charge in [0.05, 0.1) is 12.7 Å². The van der Waals surface area contributed by atoms with E-state index in [0.717, 1.165) is 0 Å². The first-order valence-electron chi connectivity index (χ1n) is 6.53. The van der Waals surface area contributed by atoms with Gasteiger partial charge in [-0.2, -0.15) is 0 Å². The highest BCUT2D eigenvalue weighted by Gasteiger charge is 2.24. The Labute approximate surface area is 126 Å². The van der Waals surface area contributed by atoms with E-state index in [1.165, 1.54) is 37.6 Å². The molecule has 1 amide bonds. The average Bonchev–Trinajstić information content (AvgIpc) is 2.80. The lowest BCUT2D eigenvalue weighted by molar-refractivity contribution is -0.110. The number of halogens is 1. The van der Waals surface area contributed by atoms with E-state index in [-0.39, 0.29) is 11.7 Å². The number of anilines is 2. The highest BCUT2D eigenvalue weighted by atomic mass is 19.1. The number of rotatable bonds is 3. The molecule has 1 aliphatic rings. The molecular formula is C16H13FN2O3. The van der Waals surface area contributed by atoms with E-state index in [2.05, 4.69) is 10.6 Å². The third-order valence-electron chi connectivity index (χ3n) is 3.33. The third kappa shape index (κ3) is 2.46. The predicted molar refractivity (Wildman–Crippen MR) is 81.3 cm³/mol. The number of aromatic hydroxyl groups is 1. The molecule has 6 heteroatoms. The summed E-state index contributed by atoms with van der Waals surface area (Å²) in [6.45, 7) is 0. The van der Waals surface area contributed by atoms with Crippen LogP contribution >= 0.6 is 0 Å². The number of benzene rings is 2. The van der Waals surface area contributed by atoms with Crippen molar-refractivity contribution in [1.82, 2.24) is 0 Å². The van der Waals surface area contributed by atoms with Crippen LogP contribution in [-0.4, -0.2) is 18.1 Å². The van der Waals surface area contributed by atoms with Crippen LogP contribution in [0.15, 0.2) is 42.6 Å². The van der Waals surface area contributed by atoms with E-state index < -0.39 is 5.82 Å². The molecule has 112 valence electrons. The molecule has 0 spiro atoms. The largest absolute Gasteiger partial charge is 0.504 e. The van der Waals surface area contributed by atoms with E-state index in [4.69, 9.17) is 4.74 Å². The van der Waals surface area contributed by atoms with Crippen molar-refractivity contribution in [3.05, 3.63) is 54.0 Å². The number of hydrogen-bond acceptors (Lipinski definition) is 4. The Kier molecular flexibility index (Phi) is 3.42. The van der Waals surface area contributed by atoms with Crippen molar-refractivity contribution in [3.63, 3.8) is 0 Å². The van der Waals surface area contributed by atoms with E-state index in [1.54, 1.807) is 12.1 Å². The summed E-state index contributed by atoms with van der Waals surface area (Å²) in [5.74, 6) is -0.397. The van der Waals surface area contributed by atoms with Crippen molar-refractivity contribution in [2.45, 2.75) is 0 Å². The fourth-order valence-electron chi connectivity index (χ4n) is 2.24. The summed E-state index contributed by atoms with van der Waals surface area (Å²) in [7, 11) is 1.46. The maximum atomic E-state index is 13.3. The summed E-state index contributed by atoms with van der Waals surface area (Å²) in [4.78, 5) is 11.9. The zero-order valence-corrected chi connectivity index (χ0v) is 11.7. The minimum Gasteiger partial charge on any atom is -0.504 e. The van der Waals surface area contributed by atoms with Gasteiger partial charge in [-0.3, -0.25) is 4.79 Å².